The third kappa shape index (κ3) is 8.72. The zero-order valence-corrected chi connectivity index (χ0v) is 19.8. The summed E-state index contributed by atoms with van der Waals surface area (Å²) in [5.41, 5.74) is 1.28. The predicted molar refractivity (Wildman–Crippen MR) is 127 cm³/mol. The summed E-state index contributed by atoms with van der Waals surface area (Å²) in [4.78, 5) is 18.9. The van der Waals surface area contributed by atoms with Crippen molar-refractivity contribution in [1.29, 1.82) is 0 Å². The molecule has 1 amide bonds. The van der Waals surface area contributed by atoms with Gasteiger partial charge in [-0.1, -0.05) is 37.3 Å². The van der Waals surface area contributed by atoms with Crippen LogP contribution in [0.25, 0.3) is 0 Å². The number of halogens is 1. The van der Waals surface area contributed by atoms with E-state index in [1.165, 1.54) is 5.56 Å². The van der Waals surface area contributed by atoms with E-state index in [0.717, 1.165) is 45.1 Å². The van der Waals surface area contributed by atoms with Crippen LogP contribution in [0.1, 0.15) is 25.8 Å². The monoisotopic (exact) mass is 504 g/mol. The van der Waals surface area contributed by atoms with Crippen molar-refractivity contribution in [3.05, 3.63) is 35.9 Å². The van der Waals surface area contributed by atoms with Crippen molar-refractivity contribution in [2.45, 2.75) is 31.9 Å². The van der Waals surface area contributed by atoms with Crippen LogP contribution >= 0.6 is 35.7 Å². The lowest BCUT2D eigenvalue weighted by molar-refractivity contribution is -0.127. The van der Waals surface area contributed by atoms with Gasteiger partial charge >= 0.3 is 0 Å². The third-order valence-corrected chi connectivity index (χ3v) is 5.57. The Kier molecular flexibility index (Phi) is 11.8. The number of benzene rings is 1. The van der Waals surface area contributed by atoms with Gasteiger partial charge < -0.3 is 15.5 Å². The summed E-state index contributed by atoms with van der Waals surface area (Å²) in [5, 5.41) is 7.20. The largest absolute Gasteiger partial charge is 0.357 e. The van der Waals surface area contributed by atoms with Crippen molar-refractivity contribution in [1.82, 2.24) is 15.5 Å². The molecule has 5 nitrogen and oxygen atoms in total. The van der Waals surface area contributed by atoms with E-state index in [9.17, 15) is 4.79 Å². The summed E-state index contributed by atoms with van der Waals surface area (Å²) in [7, 11) is 0. The van der Waals surface area contributed by atoms with E-state index < -0.39 is 0 Å². The highest BCUT2D eigenvalue weighted by Gasteiger charge is 2.29. The number of hydrogen-bond donors (Lipinski definition) is 2. The quantitative estimate of drug-likeness (QED) is 0.309. The van der Waals surface area contributed by atoms with E-state index in [2.05, 4.69) is 47.9 Å². The van der Waals surface area contributed by atoms with Crippen molar-refractivity contribution in [3.63, 3.8) is 0 Å². The first-order valence-corrected chi connectivity index (χ1v) is 10.8. The molecule has 1 aliphatic rings. The molecule has 1 aromatic carbocycles. The van der Waals surface area contributed by atoms with Gasteiger partial charge in [0.15, 0.2) is 5.96 Å². The second-order valence-corrected chi connectivity index (χ2v) is 8.07. The molecule has 0 spiro atoms. The highest BCUT2D eigenvalue weighted by atomic mass is 127. The van der Waals surface area contributed by atoms with E-state index in [1.54, 1.807) is 0 Å². The van der Waals surface area contributed by atoms with Crippen molar-refractivity contribution in [2.75, 3.05) is 39.0 Å². The Labute approximate surface area is 185 Å². The maximum absolute atomic E-state index is 12.3. The number of nitrogens with zero attached hydrogens (tertiary/aromatic N) is 2. The van der Waals surface area contributed by atoms with Crippen LogP contribution in [-0.4, -0.2) is 61.0 Å². The third-order valence-electron chi connectivity index (χ3n) is 4.62. The fourth-order valence-electron chi connectivity index (χ4n) is 2.99. The standard InChI is InChI=1S/C20H32N4OS.HI/c1-4-21-20(22-13-16(2)26-3)23-14-18-12-19(25)24(15-18)11-10-17-8-6-5-7-9-17;/h5-9,16,18H,4,10-15H2,1-3H3,(H2,21,22,23);1H. The molecule has 2 unspecified atom stereocenters. The molecule has 2 atom stereocenters. The lowest BCUT2D eigenvalue weighted by Gasteiger charge is -2.18. The highest BCUT2D eigenvalue weighted by Crippen LogP contribution is 2.17. The van der Waals surface area contributed by atoms with Gasteiger partial charge in [-0.2, -0.15) is 11.8 Å². The Morgan fingerprint density at radius 2 is 2.07 bits per heavy atom. The van der Waals surface area contributed by atoms with Crippen LogP contribution in [0, 0.1) is 5.92 Å². The summed E-state index contributed by atoms with van der Waals surface area (Å²) in [6.45, 7) is 8.30. The van der Waals surface area contributed by atoms with Crippen molar-refractivity contribution in [2.24, 2.45) is 10.9 Å². The summed E-state index contributed by atoms with van der Waals surface area (Å²) < 4.78 is 0. The first kappa shape index (κ1) is 24.1. The lowest BCUT2D eigenvalue weighted by atomic mass is 10.1. The molecule has 1 fully saturated rings. The average Bonchev–Trinajstić information content (AvgIpc) is 3.02. The number of hydrogen-bond acceptors (Lipinski definition) is 3. The van der Waals surface area contributed by atoms with Crippen molar-refractivity contribution >= 4 is 47.6 Å². The number of rotatable bonds is 9. The maximum Gasteiger partial charge on any atom is 0.223 e. The molecule has 2 N–H and O–H groups in total. The first-order chi connectivity index (χ1) is 12.6. The Balaban J connectivity index is 0.00000364. The average molecular weight is 504 g/mol. The number of thioether (sulfide) groups is 1. The number of carbonyl (C=O) groups excluding carboxylic acids is 1. The minimum Gasteiger partial charge on any atom is -0.357 e. The topological polar surface area (TPSA) is 56.7 Å². The number of likely N-dealkylation sites (tertiary alicyclic amines) is 1. The molecule has 1 heterocycles. The van der Waals surface area contributed by atoms with Crippen LogP contribution < -0.4 is 10.6 Å². The second kappa shape index (κ2) is 13.3. The number of aliphatic imine (C=N–C) groups is 1. The Morgan fingerprint density at radius 3 is 2.74 bits per heavy atom. The lowest BCUT2D eigenvalue weighted by Crippen LogP contribution is -2.40. The van der Waals surface area contributed by atoms with Gasteiger partial charge in [0.1, 0.15) is 0 Å². The molecule has 0 radical (unpaired) electrons. The zero-order chi connectivity index (χ0) is 18.8. The SMILES string of the molecule is CCNC(=NCC(C)SC)NCC1CC(=O)N(CCc2ccccc2)C1.I. The Morgan fingerprint density at radius 1 is 1.33 bits per heavy atom. The molecular weight excluding hydrogens is 471 g/mol. The number of nitrogens with one attached hydrogen (secondary N) is 2. The molecule has 1 aromatic rings. The van der Waals surface area contributed by atoms with E-state index in [1.807, 2.05) is 34.9 Å². The van der Waals surface area contributed by atoms with E-state index >= 15 is 0 Å². The zero-order valence-electron chi connectivity index (χ0n) is 16.6. The summed E-state index contributed by atoms with van der Waals surface area (Å²) in [6.07, 6.45) is 3.65. The number of amides is 1. The Hall–Kier alpha value is -0.960. The molecule has 7 heteroatoms. The highest BCUT2D eigenvalue weighted by molar-refractivity contribution is 14.0. The molecule has 1 aliphatic heterocycles. The fraction of sp³-hybridized carbons (Fsp3) is 0.600. The van der Waals surface area contributed by atoms with Gasteiger partial charge in [-0.15, -0.1) is 24.0 Å². The molecular formula is C20H33IN4OS. The minimum atomic E-state index is 0. The van der Waals surface area contributed by atoms with Gasteiger partial charge in [-0.3, -0.25) is 9.79 Å². The molecule has 2 rings (SSSR count). The van der Waals surface area contributed by atoms with Crippen LogP contribution in [-0.2, 0) is 11.2 Å². The van der Waals surface area contributed by atoms with Gasteiger partial charge in [-0.25, -0.2) is 0 Å². The molecule has 0 saturated carbocycles. The van der Waals surface area contributed by atoms with Crippen LogP contribution in [0.4, 0.5) is 0 Å². The van der Waals surface area contributed by atoms with E-state index in [-0.39, 0.29) is 29.9 Å². The smallest absolute Gasteiger partial charge is 0.223 e. The van der Waals surface area contributed by atoms with Gasteiger partial charge in [0.05, 0.1) is 6.54 Å². The fourth-order valence-corrected chi connectivity index (χ4v) is 3.22. The second-order valence-electron chi connectivity index (χ2n) is 6.79. The van der Waals surface area contributed by atoms with Crippen molar-refractivity contribution < 1.29 is 4.79 Å². The van der Waals surface area contributed by atoms with Crippen LogP contribution in [0.15, 0.2) is 35.3 Å². The van der Waals surface area contributed by atoms with Gasteiger partial charge in [-0.05, 0) is 25.2 Å². The van der Waals surface area contributed by atoms with Gasteiger partial charge in [0.2, 0.25) is 5.91 Å². The van der Waals surface area contributed by atoms with Crippen LogP contribution in [0.5, 0.6) is 0 Å². The van der Waals surface area contributed by atoms with E-state index in [4.69, 9.17) is 0 Å². The number of guanidine groups is 1. The maximum atomic E-state index is 12.3. The van der Waals surface area contributed by atoms with Gasteiger partial charge in [0, 0.05) is 43.8 Å². The molecule has 1 saturated heterocycles. The first-order valence-electron chi connectivity index (χ1n) is 9.49. The number of carbonyl (C=O) groups is 1. The normalized spacial score (nSPS) is 18.2. The van der Waals surface area contributed by atoms with Crippen LogP contribution in [0.2, 0.25) is 0 Å². The predicted octanol–water partition coefficient (Wildman–Crippen LogP) is 3.00. The van der Waals surface area contributed by atoms with Crippen molar-refractivity contribution in [3.8, 4) is 0 Å². The van der Waals surface area contributed by atoms with E-state index in [0.29, 0.717) is 17.6 Å². The molecule has 0 aromatic heterocycles. The minimum absolute atomic E-state index is 0. The summed E-state index contributed by atoms with van der Waals surface area (Å²) >= 11 is 1.82. The summed E-state index contributed by atoms with van der Waals surface area (Å²) in [5.74, 6) is 1.47. The van der Waals surface area contributed by atoms with Crippen LogP contribution in [0.3, 0.4) is 0 Å². The molecule has 27 heavy (non-hydrogen) atoms. The Bertz CT molecular complexity index is 585. The molecule has 0 bridgehead atoms. The van der Waals surface area contributed by atoms with Gasteiger partial charge in [0.25, 0.3) is 0 Å². The summed E-state index contributed by atoms with van der Waals surface area (Å²) in [6, 6.07) is 10.4. The molecule has 0 aliphatic carbocycles. The molecule has 152 valence electrons.